The monoisotopic (exact) mass is 444 g/mol. The Balaban J connectivity index is 1.38. The van der Waals surface area contributed by atoms with Gasteiger partial charge >= 0.3 is 11.7 Å². The van der Waals surface area contributed by atoms with E-state index in [9.17, 15) is 14.4 Å². The maximum absolute atomic E-state index is 12.9. The van der Waals surface area contributed by atoms with Crippen LogP contribution >= 0.6 is 0 Å². The Labute approximate surface area is 189 Å². The molecule has 0 saturated heterocycles. The van der Waals surface area contributed by atoms with E-state index in [1.54, 1.807) is 34.9 Å². The van der Waals surface area contributed by atoms with Crippen molar-refractivity contribution in [3.05, 3.63) is 68.6 Å². The molecule has 0 amide bonds. The van der Waals surface area contributed by atoms with Gasteiger partial charge in [0.25, 0.3) is 5.56 Å². The van der Waals surface area contributed by atoms with Crippen molar-refractivity contribution < 1.29 is 9.53 Å². The van der Waals surface area contributed by atoms with Crippen molar-refractivity contribution in [2.75, 3.05) is 0 Å². The van der Waals surface area contributed by atoms with Crippen LogP contribution in [0.4, 0.5) is 0 Å². The fourth-order valence-electron chi connectivity index (χ4n) is 3.82. The normalized spacial score (nSPS) is 15.8. The zero-order chi connectivity index (χ0) is 22.9. The van der Waals surface area contributed by atoms with Crippen molar-refractivity contribution in [2.24, 2.45) is 0 Å². The van der Waals surface area contributed by atoms with Crippen molar-refractivity contribution in [2.45, 2.75) is 57.5 Å². The van der Waals surface area contributed by atoms with Crippen LogP contribution in [0.2, 0.25) is 0 Å². The van der Waals surface area contributed by atoms with E-state index in [1.807, 2.05) is 13.0 Å². The van der Waals surface area contributed by atoms with E-state index < -0.39 is 5.97 Å². The molecule has 0 aliphatic heterocycles. The predicted octanol–water partition coefficient (Wildman–Crippen LogP) is 3.24. The van der Waals surface area contributed by atoms with E-state index in [4.69, 9.17) is 4.74 Å². The molecular weight excluding hydrogens is 420 g/mol. The molecule has 1 N–H and O–H groups in total. The summed E-state index contributed by atoms with van der Waals surface area (Å²) in [6.07, 6.45) is 6.11. The maximum Gasteiger partial charge on any atom is 0.339 e. The van der Waals surface area contributed by atoms with Gasteiger partial charge in [-0.05, 0) is 50.2 Å². The summed E-state index contributed by atoms with van der Waals surface area (Å²) >= 11 is 0. The minimum absolute atomic E-state index is 0.00882. The van der Waals surface area contributed by atoms with Gasteiger partial charge in [-0.1, -0.05) is 37.1 Å². The molecule has 2 aliphatic rings. The molecule has 8 nitrogen and oxygen atoms in total. The zero-order valence-corrected chi connectivity index (χ0v) is 18.3. The minimum atomic E-state index is -0.400. The van der Waals surface area contributed by atoms with E-state index in [0.717, 1.165) is 25.7 Å². The summed E-state index contributed by atoms with van der Waals surface area (Å²) in [4.78, 5) is 45.6. The number of benzene rings is 1. The maximum atomic E-state index is 12.9. The molecule has 3 aromatic rings. The van der Waals surface area contributed by atoms with Gasteiger partial charge in [-0.25, -0.2) is 14.6 Å². The lowest BCUT2D eigenvalue weighted by atomic mass is 10.1. The van der Waals surface area contributed by atoms with Crippen molar-refractivity contribution in [3.63, 3.8) is 0 Å². The van der Waals surface area contributed by atoms with Gasteiger partial charge in [-0.2, -0.15) is 0 Å². The molecule has 168 valence electrons. The molecule has 0 radical (unpaired) electrons. The van der Waals surface area contributed by atoms with Crippen LogP contribution in [0.25, 0.3) is 11.2 Å². The first kappa shape index (κ1) is 21.0. The topological polar surface area (TPSA) is 99.0 Å². The number of nitrogens with zero attached hydrogens (tertiary/aromatic N) is 3. The highest BCUT2D eigenvalue weighted by Crippen LogP contribution is 2.36. The Hall–Kier alpha value is -3.86. The molecule has 2 fully saturated rings. The van der Waals surface area contributed by atoms with Crippen LogP contribution in [-0.4, -0.2) is 25.1 Å². The van der Waals surface area contributed by atoms with Crippen molar-refractivity contribution in [3.8, 4) is 17.6 Å². The highest BCUT2D eigenvalue weighted by molar-refractivity contribution is 5.90. The predicted molar refractivity (Wildman–Crippen MR) is 123 cm³/mol. The Morgan fingerprint density at radius 2 is 1.85 bits per heavy atom. The number of aromatic nitrogens is 4. The molecular formula is C25H24N4O4. The first-order chi connectivity index (χ1) is 16.1. The highest BCUT2D eigenvalue weighted by atomic mass is 16.5. The second kappa shape index (κ2) is 8.58. The van der Waals surface area contributed by atoms with Gasteiger partial charge in [0.05, 0.1) is 0 Å². The summed E-state index contributed by atoms with van der Waals surface area (Å²) in [6, 6.07) is 9.01. The number of H-pyrrole nitrogens is 1. The number of carbonyl (C=O) groups excluding carboxylic acids is 1. The third-order valence-corrected chi connectivity index (χ3v) is 5.84. The number of carbonyl (C=O) groups is 1. The standard InChI is InChI=1S/C25H24N4O4/c1-2-16(24(31)33-19-9-4-3-5-10-19)8-6-7-11-20-26-21-22(27-20)28(17-12-13-17)25(32)29(23(21)30)18-14-15-18/h3-5,8-10,17-18H,2,6,12-15H2,1H3,(H,26,27)/b16-8-. The number of imidazole rings is 1. The Morgan fingerprint density at radius 3 is 2.52 bits per heavy atom. The number of ether oxygens (including phenoxy) is 1. The molecule has 2 saturated carbocycles. The van der Waals surface area contributed by atoms with Crippen molar-refractivity contribution >= 4 is 17.1 Å². The summed E-state index contributed by atoms with van der Waals surface area (Å²) in [5.74, 6) is 6.32. The number of hydrogen-bond acceptors (Lipinski definition) is 5. The SMILES string of the molecule is CC/C(=C/CC#Cc1nc2c([nH]1)c(=O)n(C1CC1)c(=O)n2C1CC1)C(=O)Oc1ccccc1. The zero-order valence-electron chi connectivity index (χ0n) is 18.3. The average molecular weight is 444 g/mol. The summed E-state index contributed by atoms with van der Waals surface area (Å²) in [5, 5.41) is 0. The lowest BCUT2D eigenvalue weighted by Crippen LogP contribution is -2.39. The van der Waals surface area contributed by atoms with Crippen LogP contribution in [0.1, 0.15) is 63.4 Å². The van der Waals surface area contributed by atoms with Gasteiger partial charge in [0.2, 0.25) is 0 Å². The molecule has 5 rings (SSSR count). The van der Waals surface area contributed by atoms with Crippen LogP contribution in [0.5, 0.6) is 5.75 Å². The van der Waals surface area contributed by atoms with Crippen LogP contribution in [-0.2, 0) is 4.79 Å². The summed E-state index contributed by atoms with van der Waals surface area (Å²) in [6.45, 7) is 1.88. The molecule has 0 unspecified atom stereocenters. The number of allylic oxidation sites excluding steroid dienone is 1. The smallest absolute Gasteiger partial charge is 0.339 e. The van der Waals surface area contributed by atoms with Gasteiger partial charge in [0, 0.05) is 24.1 Å². The molecule has 0 spiro atoms. The van der Waals surface area contributed by atoms with E-state index >= 15 is 0 Å². The number of aromatic amines is 1. The van der Waals surface area contributed by atoms with Crippen LogP contribution in [0, 0.1) is 11.8 Å². The molecule has 2 aliphatic carbocycles. The molecule has 2 heterocycles. The van der Waals surface area contributed by atoms with Crippen LogP contribution in [0.3, 0.4) is 0 Å². The first-order valence-corrected chi connectivity index (χ1v) is 11.3. The lowest BCUT2D eigenvalue weighted by Gasteiger charge is -2.09. The molecule has 8 heteroatoms. The van der Waals surface area contributed by atoms with Gasteiger partial charge < -0.3 is 9.72 Å². The van der Waals surface area contributed by atoms with E-state index in [2.05, 4.69) is 21.8 Å². The third-order valence-electron chi connectivity index (χ3n) is 5.84. The molecule has 1 aromatic carbocycles. The molecule has 2 aromatic heterocycles. The minimum Gasteiger partial charge on any atom is -0.423 e. The van der Waals surface area contributed by atoms with Crippen LogP contribution < -0.4 is 16.0 Å². The van der Waals surface area contributed by atoms with Gasteiger partial charge in [-0.15, -0.1) is 0 Å². The number of nitrogens with one attached hydrogen (secondary N) is 1. The first-order valence-electron chi connectivity index (χ1n) is 11.3. The quantitative estimate of drug-likeness (QED) is 0.272. The molecule has 0 atom stereocenters. The molecule has 33 heavy (non-hydrogen) atoms. The second-order valence-corrected chi connectivity index (χ2v) is 8.37. The van der Waals surface area contributed by atoms with E-state index in [1.165, 1.54) is 4.57 Å². The lowest BCUT2D eigenvalue weighted by molar-refractivity contribution is -0.130. The average Bonchev–Trinajstić information content (AvgIpc) is 3.74. The summed E-state index contributed by atoms with van der Waals surface area (Å²) in [5.41, 5.74) is 0.647. The summed E-state index contributed by atoms with van der Waals surface area (Å²) < 4.78 is 8.39. The van der Waals surface area contributed by atoms with E-state index in [-0.39, 0.29) is 23.3 Å². The van der Waals surface area contributed by atoms with E-state index in [0.29, 0.717) is 41.2 Å². The van der Waals surface area contributed by atoms with Gasteiger partial charge in [-0.3, -0.25) is 13.9 Å². The largest absolute Gasteiger partial charge is 0.423 e. The number of para-hydroxylation sites is 1. The van der Waals surface area contributed by atoms with Crippen molar-refractivity contribution in [1.82, 2.24) is 19.1 Å². The Morgan fingerprint density at radius 1 is 1.15 bits per heavy atom. The molecule has 0 bridgehead atoms. The number of hydrogen-bond donors (Lipinski definition) is 1. The number of fused-ring (bicyclic) bond motifs is 1. The Bertz CT molecular complexity index is 1420. The summed E-state index contributed by atoms with van der Waals surface area (Å²) in [7, 11) is 0. The highest BCUT2D eigenvalue weighted by Gasteiger charge is 2.34. The fraction of sp³-hybridized carbons (Fsp3) is 0.360. The number of esters is 1. The van der Waals surface area contributed by atoms with Crippen LogP contribution in [0.15, 0.2) is 51.6 Å². The third kappa shape index (κ3) is 4.27. The van der Waals surface area contributed by atoms with Gasteiger partial charge in [0.1, 0.15) is 5.75 Å². The fourth-order valence-corrected chi connectivity index (χ4v) is 3.82. The second-order valence-electron chi connectivity index (χ2n) is 8.37. The Kier molecular flexibility index (Phi) is 5.47. The van der Waals surface area contributed by atoms with Crippen molar-refractivity contribution in [1.29, 1.82) is 0 Å². The van der Waals surface area contributed by atoms with Gasteiger partial charge in [0.15, 0.2) is 17.0 Å². The number of rotatable bonds is 6.